The zero-order chi connectivity index (χ0) is 18.4. The van der Waals surface area contributed by atoms with E-state index in [0.29, 0.717) is 25.1 Å². The van der Waals surface area contributed by atoms with Crippen LogP contribution in [0.5, 0.6) is 5.75 Å². The van der Waals surface area contributed by atoms with E-state index in [1.54, 1.807) is 12.1 Å². The smallest absolute Gasteiger partial charge is 0.303 e. The Bertz CT molecular complexity index is 609. The summed E-state index contributed by atoms with van der Waals surface area (Å²) in [6, 6.07) is 7.23. The molecule has 0 aromatic heterocycles. The second kappa shape index (κ2) is 9.03. The number of carbonyl (C=O) groups is 2. The van der Waals surface area contributed by atoms with Crippen LogP contribution >= 0.6 is 0 Å². The van der Waals surface area contributed by atoms with Crippen LogP contribution in [0.3, 0.4) is 0 Å². The average molecular weight is 361 g/mol. The topological polar surface area (TPSA) is 76.1 Å². The van der Waals surface area contributed by atoms with Crippen molar-refractivity contribution in [3.63, 3.8) is 0 Å². The fourth-order valence-corrected chi connectivity index (χ4v) is 3.68. The number of rotatable bonds is 7. The van der Waals surface area contributed by atoms with E-state index in [2.05, 4.69) is 0 Å². The number of carboxylic acids is 1. The van der Waals surface area contributed by atoms with E-state index >= 15 is 0 Å². The van der Waals surface area contributed by atoms with Gasteiger partial charge in [-0.2, -0.15) is 0 Å². The van der Waals surface area contributed by atoms with Crippen LogP contribution < -0.4 is 4.74 Å². The summed E-state index contributed by atoms with van der Waals surface area (Å²) < 4.78 is 11.3. The number of carboxylic acid groups (broad SMARTS) is 1. The maximum atomic E-state index is 12.9. The molecule has 142 valence electrons. The van der Waals surface area contributed by atoms with Crippen molar-refractivity contribution in [2.45, 2.75) is 57.1 Å². The van der Waals surface area contributed by atoms with Crippen molar-refractivity contribution in [2.75, 3.05) is 19.8 Å². The van der Waals surface area contributed by atoms with Crippen LogP contribution in [-0.2, 0) is 9.53 Å². The number of hydrogen-bond donors (Lipinski definition) is 1. The Hall–Kier alpha value is -2.08. The normalized spacial score (nSPS) is 23.0. The van der Waals surface area contributed by atoms with E-state index < -0.39 is 5.97 Å². The summed E-state index contributed by atoms with van der Waals surface area (Å²) in [4.78, 5) is 25.5. The van der Waals surface area contributed by atoms with Gasteiger partial charge in [-0.15, -0.1) is 0 Å². The van der Waals surface area contributed by atoms with E-state index in [0.717, 1.165) is 44.5 Å². The van der Waals surface area contributed by atoms with Crippen LogP contribution in [0.4, 0.5) is 0 Å². The average Bonchev–Trinajstić information content (AvgIpc) is 3.18. The molecule has 2 aliphatic heterocycles. The minimum absolute atomic E-state index is 0.0165. The molecule has 26 heavy (non-hydrogen) atoms. The minimum atomic E-state index is -0.810. The van der Waals surface area contributed by atoms with Gasteiger partial charge in [0.1, 0.15) is 12.4 Å². The largest absolute Gasteiger partial charge is 0.491 e. The number of nitrogens with zero attached hydrogens (tertiary/aromatic N) is 1. The number of ether oxygens (including phenoxy) is 2. The molecule has 2 aliphatic rings. The first-order valence-electron chi connectivity index (χ1n) is 9.50. The number of benzene rings is 1. The molecule has 2 fully saturated rings. The molecule has 1 aromatic rings. The standard InChI is InChI=1S/C20H27NO5/c22-19(23)11-8-16-4-1-2-12-21(16)20(24)15-6-9-17(10-7-15)26-14-18-5-3-13-25-18/h6-7,9-10,16,18H,1-5,8,11-14H2,(H,22,23). The van der Waals surface area contributed by atoms with Crippen LogP contribution in [0, 0.1) is 0 Å². The van der Waals surface area contributed by atoms with Gasteiger partial charge >= 0.3 is 5.97 Å². The van der Waals surface area contributed by atoms with Gasteiger partial charge in [0, 0.05) is 31.2 Å². The third-order valence-corrected chi connectivity index (χ3v) is 5.14. The van der Waals surface area contributed by atoms with Crippen molar-refractivity contribution in [3.8, 4) is 5.75 Å². The third kappa shape index (κ3) is 4.97. The van der Waals surface area contributed by atoms with E-state index in [1.807, 2.05) is 17.0 Å². The Balaban J connectivity index is 1.57. The number of piperidine rings is 1. The van der Waals surface area contributed by atoms with Crippen LogP contribution in [0.25, 0.3) is 0 Å². The molecule has 1 N–H and O–H groups in total. The van der Waals surface area contributed by atoms with Gasteiger partial charge in [-0.05, 0) is 62.8 Å². The Morgan fingerprint density at radius 1 is 1.15 bits per heavy atom. The molecule has 0 saturated carbocycles. The van der Waals surface area contributed by atoms with Crippen molar-refractivity contribution in [1.82, 2.24) is 4.90 Å². The predicted octanol–water partition coefficient (Wildman–Crippen LogP) is 3.10. The van der Waals surface area contributed by atoms with Gasteiger partial charge in [-0.3, -0.25) is 9.59 Å². The maximum absolute atomic E-state index is 12.9. The highest BCUT2D eigenvalue weighted by molar-refractivity contribution is 5.94. The molecule has 0 aliphatic carbocycles. The van der Waals surface area contributed by atoms with Crippen molar-refractivity contribution in [2.24, 2.45) is 0 Å². The predicted molar refractivity (Wildman–Crippen MR) is 96.5 cm³/mol. The fourth-order valence-electron chi connectivity index (χ4n) is 3.68. The molecule has 2 unspecified atom stereocenters. The van der Waals surface area contributed by atoms with Crippen molar-refractivity contribution in [1.29, 1.82) is 0 Å². The van der Waals surface area contributed by atoms with Crippen LogP contribution in [0.15, 0.2) is 24.3 Å². The second-order valence-electron chi connectivity index (χ2n) is 7.05. The zero-order valence-corrected chi connectivity index (χ0v) is 15.1. The van der Waals surface area contributed by atoms with Gasteiger partial charge < -0.3 is 19.5 Å². The van der Waals surface area contributed by atoms with Gasteiger partial charge in [-0.25, -0.2) is 0 Å². The highest BCUT2D eigenvalue weighted by Crippen LogP contribution is 2.24. The highest BCUT2D eigenvalue weighted by atomic mass is 16.5. The lowest BCUT2D eigenvalue weighted by Crippen LogP contribution is -2.43. The Kier molecular flexibility index (Phi) is 6.50. The lowest BCUT2D eigenvalue weighted by atomic mass is 9.97. The monoisotopic (exact) mass is 361 g/mol. The molecule has 0 radical (unpaired) electrons. The lowest BCUT2D eigenvalue weighted by Gasteiger charge is -2.35. The van der Waals surface area contributed by atoms with E-state index in [4.69, 9.17) is 14.6 Å². The molecular weight excluding hydrogens is 334 g/mol. The van der Waals surface area contributed by atoms with Gasteiger partial charge in [0.2, 0.25) is 0 Å². The minimum Gasteiger partial charge on any atom is -0.491 e. The van der Waals surface area contributed by atoms with Gasteiger partial charge in [0.25, 0.3) is 5.91 Å². The van der Waals surface area contributed by atoms with Gasteiger partial charge in [0.15, 0.2) is 0 Å². The van der Waals surface area contributed by atoms with E-state index in [-0.39, 0.29) is 24.5 Å². The number of carbonyl (C=O) groups excluding carboxylic acids is 1. The first-order valence-corrected chi connectivity index (χ1v) is 9.50. The number of amides is 1. The number of aliphatic carboxylic acids is 1. The number of hydrogen-bond acceptors (Lipinski definition) is 4. The molecule has 6 heteroatoms. The van der Waals surface area contributed by atoms with Crippen LogP contribution in [0.1, 0.15) is 55.3 Å². The highest BCUT2D eigenvalue weighted by Gasteiger charge is 2.27. The number of likely N-dealkylation sites (tertiary alicyclic amines) is 1. The van der Waals surface area contributed by atoms with E-state index in [1.165, 1.54) is 0 Å². The molecule has 0 bridgehead atoms. The van der Waals surface area contributed by atoms with E-state index in [9.17, 15) is 9.59 Å². The molecule has 1 aromatic carbocycles. The fraction of sp³-hybridized carbons (Fsp3) is 0.600. The lowest BCUT2D eigenvalue weighted by molar-refractivity contribution is -0.137. The summed E-state index contributed by atoms with van der Waals surface area (Å²) in [5.41, 5.74) is 0.622. The second-order valence-corrected chi connectivity index (χ2v) is 7.05. The molecule has 2 atom stereocenters. The van der Waals surface area contributed by atoms with Crippen LogP contribution in [-0.4, -0.2) is 53.8 Å². The maximum Gasteiger partial charge on any atom is 0.303 e. The first kappa shape index (κ1) is 18.7. The molecule has 6 nitrogen and oxygen atoms in total. The molecular formula is C20H27NO5. The Labute approximate surface area is 154 Å². The molecule has 1 amide bonds. The summed E-state index contributed by atoms with van der Waals surface area (Å²) in [5.74, 6) is -0.0976. The van der Waals surface area contributed by atoms with Gasteiger partial charge in [-0.1, -0.05) is 0 Å². The molecule has 2 saturated heterocycles. The molecule has 0 spiro atoms. The quantitative estimate of drug-likeness (QED) is 0.808. The Morgan fingerprint density at radius 3 is 2.65 bits per heavy atom. The van der Waals surface area contributed by atoms with Gasteiger partial charge in [0.05, 0.1) is 6.10 Å². The first-order chi connectivity index (χ1) is 12.6. The summed E-state index contributed by atoms with van der Waals surface area (Å²) in [7, 11) is 0. The van der Waals surface area contributed by atoms with Crippen molar-refractivity contribution >= 4 is 11.9 Å². The summed E-state index contributed by atoms with van der Waals surface area (Å²) >= 11 is 0. The zero-order valence-electron chi connectivity index (χ0n) is 15.1. The van der Waals surface area contributed by atoms with Crippen LogP contribution in [0.2, 0.25) is 0 Å². The van der Waals surface area contributed by atoms with Crippen molar-refractivity contribution in [3.05, 3.63) is 29.8 Å². The third-order valence-electron chi connectivity index (χ3n) is 5.14. The summed E-state index contributed by atoms with van der Waals surface area (Å²) in [6.07, 6.45) is 5.79. The summed E-state index contributed by atoms with van der Waals surface area (Å²) in [6.45, 7) is 2.04. The Morgan fingerprint density at radius 2 is 1.96 bits per heavy atom. The van der Waals surface area contributed by atoms with Crippen molar-refractivity contribution < 1.29 is 24.2 Å². The SMILES string of the molecule is O=C(O)CCC1CCCCN1C(=O)c1ccc(OCC2CCCO2)cc1. The summed E-state index contributed by atoms with van der Waals surface area (Å²) in [5, 5.41) is 8.92. The molecule has 3 rings (SSSR count). The molecule has 2 heterocycles.